The van der Waals surface area contributed by atoms with E-state index in [2.05, 4.69) is 52.0 Å². The Morgan fingerprint density at radius 2 is 0.950 bits per heavy atom. The van der Waals surface area contributed by atoms with Crippen molar-refractivity contribution in [2.75, 3.05) is 0 Å². The minimum absolute atomic E-state index is 0.0785. The van der Waals surface area contributed by atoms with Crippen LogP contribution in [0.15, 0.2) is 24.3 Å². The minimum atomic E-state index is 0.0785. The summed E-state index contributed by atoms with van der Waals surface area (Å²) in [7, 11) is 0.157. The molecule has 2 saturated heterocycles. The minimum Gasteiger partial charge on any atom is -0.0688 e. The van der Waals surface area contributed by atoms with E-state index in [0.29, 0.717) is 0 Å². The van der Waals surface area contributed by atoms with E-state index in [4.69, 9.17) is 0 Å². The molecule has 0 aliphatic carbocycles. The molecule has 4 unspecified atom stereocenters. The van der Waals surface area contributed by atoms with Crippen molar-refractivity contribution >= 4 is 26.5 Å². The highest BCUT2D eigenvalue weighted by molar-refractivity contribution is 7.73. The molecule has 0 radical (unpaired) electrons. The number of hydrogen-bond acceptors (Lipinski definition) is 0. The van der Waals surface area contributed by atoms with Crippen LogP contribution in [0.1, 0.15) is 53.4 Å². The van der Waals surface area contributed by atoms with Gasteiger partial charge in [-0.1, -0.05) is 67.8 Å². The van der Waals surface area contributed by atoms with Crippen LogP contribution in [0, 0.1) is 0 Å². The largest absolute Gasteiger partial charge is 0.0688 e. The quantitative estimate of drug-likeness (QED) is 0.671. The van der Waals surface area contributed by atoms with E-state index >= 15 is 0 Å². The molecule has 110 valence electrons. The maximum Gasteiger partial charge on any atom is -0.0158 e. The summed E-state index contributed by atoms with van der Waals surface area (Å²) in [6.45, 7) is 10.0. The fourth-order valence-corrected chi connectivity index (χ4v) is 11.5. The first-order valence-electron chi connectivity index (χ1n) is 8.25. The van der Waals surface area contributed by atoms with Gasteiger partial charge in [-0.25, -0.2) is 0 Å². The Morgan fingerprint density at radius 3 is 1.25 bits per heavy atom. The first-order chi connectivity index (χ1) is 9.59. The molecule has 2 aliphatic rings. The summed E-state index contributed by atoms with van der Waals surface area (Å²) in [4.78, 5) is 0. The molecule has 0 saturated carbocycles. The zero-order valence-corrected chi connectivity index (χ0v) is 15.1. The molecule has 0 spiro atoms. The molecular weight excluding hydrogens is 278 g/mol. The highest BCUT2D eigenvalue weighted by Gasteiger charge is 2.37. The molecule has 0 aromatic heterocycles. The molecule has 2 heteroatoms. The number of rotatable bonds is 2. The first kappa shape index (κ1) is 15.0. The standard InChI is InChI=1S/C18H28P2/c1-13-9-10-14(2)19(13)17-7-5-6-8-18(17)20-15(3)11-12-16(20)4/h5-8,13-16H,9-12H2,1-4H3. The van der Waals surface area contributed by atoms with E-state index in [9.17, 15) is 0 Å². The molecule has 0 amide bonds. The molecule has 0 N–H and O–H groups in total. The van der Waals surface area contributed by atoms with Crippen LogP contribution in [0.3, 0.4) is 0 Å². The van der Waals surface area contributed by atoms with Gasteiger partial charge in [-0.15, -0.1) is 0 Å². The van der Waals surface area contributed by atoms with Gasteiger partial charge in [0.2, 0.25) is 0 Å². The third kappa shape index (κ3) is 2.60. The van der Waals surface area contributed by atoms with Crippen molar-refractivity contribution in [3.8, 4) is 0 Å². The van der Waals surface area contributed by atoms with E-state index in [0.717, 1.165) is 22.6 Å². The third-order valence-corrected chi connectivity index (χ3v) is 12.2. The third-order valence-electron chi connectivity index (χ3n) is 5.34. The molecule has 1 aromatic rings. The van der Waals surface area contributed by atoms with Gasteiger partial charge < -0.3 is 0 Å². The Balaban J connectivity index is 2.00. The normalized spacial score (nSPS) is 41.2. The lowest BCUT2D eigenvalue weighted by Crippen LogP contribution is -2.28. The summed E-state index contributed by atoms with van der Waals surface area (Å²) < 4.78 is 0. The highest BCUT2D eigenvalue weighted by atomic mass is 31.1. The molecule has 1 aromatic carbocycles. The van der Waals surface area contributed by atoms with Gasteiger partial charge in [0.1, 0.15) is 0 Å². The predicted octanol–water partition coefficient (Wildman–Crippen LogP) is 5.04. The average Bonchev–Trinajstić information content (AvgIpc) is 2.93. The van der Waals surface area contributed by atoms with E-state index in [1.807, 2.05) is 0 Å². The summed E-state index contributed by atoms with van der Waals surface area (Å²) in [5.74, 6) is 0. The smallest absolute Gasteiger partial charge is 0.0158 e. The van der Waals surface area contributed by atoms with Crippen LogP contribution in [-0.2, 0) is 0 Å². The van der Waals surface area contributed by atoms with Crippen LogP contribution in [0.4, 0.5) is 0 Å². The monoisotopic (exact) mass is 306 g/mol. The molecule has 2 heterocycles. The second-order valence-corrected chi connectivity index (χ2v) is 13.0. The van der Waals surface area contributed by atoms with Crippen LogP contribution in [0.2, 0.25) is 0 Å². The highest BCUT2D eigenvalue weighted by Crippen LogP contribution is 2.58. The van der Waals surface area contributed by atoms with Crippen LogP contribution >= 0.6 is 15.8 Å². The van der Waals surface area contributed by atoms with Gasteiger partial charge in [0, 0.05) is 0 Å². The van der Waals surface area contributed by atoms with E-state index in [1.54, 1.807) is 10.6 Å². The maximum absolute atomic E-state index is 2.50. The average molecular weight is 306 g/mol. The molecular formula is C18H28P2. The van der Waals surface area contributed by atoms with Crippen molar-refractivity contribution < 1.29 is 0 Å². The summed E-state index contributed by atoms with van der Waals surface area (Å²) in [5.41, 5.74) is 3.74. The van der Waals surface area contributed by atoms with Gasteiger partial charge in [0.25, 0.3) is 0 Å². The molecule has 2 aliphatic heterocycles. The Kier molecular flexibility index (Phi) is 4.54. The lowest BCUT2D eigenvalue weighted by atomic mass is 10.2. The Labute approximate surface area is 127 Å². The second-order valence-electron chi connectivity index (χ2n) is 6.85. The molecule has 2 fully saturated rings. The predicted molar refractivity (Wildman–Crippen MR) is 95.9 cm³/mol. The lowest BCUT2D eigenvalue weighted by molar-refractivity contribution is 0.777. The summed E-state index contributed by atoms with van der Waals surface area (Å²) in [6, 6.07) is 9.55. The van der Waals surface area contributed by atoms with Crippen molar-refractivity contribution in [1.29, 1.82) is 0 Å². The van der Waals surface area contributed by atoms with Gasteiger partial charge in [0.05, 0.1) is 0 Å². The topological polar surface area (TPSA) is 0 Å². The summed E-state index contributed by atoms with van der Waals surface area (Å²) in [6.07, 6.45) is 5.79. The molecule has 4 atom stereocenters. The van der Waals surface area contributed by atoms with E-state index in [1.165, 1.54) is 25.7 Å². The van der Waals surface area contributed by atoms with Crippen LogP contribution in [0.25, 0.3) is 0 Å². The zero-order chi connectivity index (χ0) is 14.3. The fraction of sp³-hybridized carbons (Fsp3) is 0.667. The lowest BCUT2D eigenvalue weighted by Gasteiger charge is -2.30. The molecule has 3 rings (SSSR count). The number of hydrogen-bond donors (Lipinski definition) is 0. The Hall–Kier alpha value is 0.0800. The Bertz CT molecular complexity index is 407. The van der Waals surface area contributed by atoms with Gasteiger partial charge in [0.15, 0.2) is 0 Å². The van der Waals surface area contributed by atoms with Crippen molar-refractivity contribution in [2.24, 2.45) is 0 Å². The first-order valence-corrected chi connectivity index (χ1v) is 11.2. The van der Waals surface area contributed by atoms with Gasteiger partial charge in [-0.05, 0) is 58.9 Å². The van der Waals surface area contributed by atoms with Gasteiger partial charge in [-0.2, -0.15) is 0 Å². The molecule has 0 bridgehead atoms. The van der Waals surface area contributed by atoms with Gasteiger partial charge >= 0.3 is 0 Å². The van der Waals surface area contributed by atoms with Crippen molar-refractivity contribution in [3.05, 3.63) is 24.3 Å². The maximum atomic E-state index is 2.50. The van der Waals surface area contributed by atoms with Gasteiger partial charge in [-0.3, -0.25) is 0 Å². The van der Waals surface area contributed by atoms with Crippen LogP contribution in [0.5, 0.6) is 0 Å². The number of benzene rings is 1. The van der Waals surface area contributed by atoms with E-state index < -0.39 is 0 Å². The Morgan fingerprint density at radius 1 is 0.650 bits per heavy atom. The van der Waals surface area contributed by atoms with Crippen molar-refractivity contribution in [3.63, 3.8) is 0 Å². The van der Waals surface area contributed by atoms with Crippen LogP contribution in [-0.4, -0.2) is 22.6 Å². The van der Waals surface area contributed by atoms with Crippen molar-refractivity contribution in [1.82, 2.24) is 0 Å². The fourth-order valence-electron chi connectivity index (χ4n) is 4.24. The summed E-state index contributed by atoms with van der Waals surface area (Å²) >= 11 is 0. The van der Waals surface area contributed by atoms with Crippen molar-refractivity contribution in [2.45, 2.75) is 76.0 Å². The van der Waals surface area contributed by atoms with E-state index in [-0.39, 0.29) is 15.8 Å². The summed E-state index contributed by atoms with van der Waals surface area (Å²) in [5, 5.41) is 3.57. The molecule has 0 nitrogen and oxygen atoms in total. The van der Waals surface area contributed by atoms with Crippen LogP contribution < -0.4 is 10.6 Å². The SMILES string of the molecule is CC1CCC(C)P1c1ccccc1P1C(C)CCC1C. The molecule has 20 heavy (non-hydrogen) atoms. The second kappa shape index (κ2) is 6.06. The zero-order valence-electron chi connectivity index (χ0n) is 13.3.